The topological polar surface area (TPSA) is 12.0 Å². The minimum absolute atomic E-state index is 0.736. The fraction of sp³-hybridized carbons (Fsp3) is 1.00. The fourth-order valence-corrected chi connectivity index (χ4v) is 2.42. The Labute approximate surface area is 97.0 Å². The summed E-state index contributed by atoms with van der Waals surface area (Å²) >= 11 is 0. The second-order valence-electron chi connectivity index (χ2n) is 4.85. The van der Waals surface area contributed by atoms with E-state index in [1.165, 1.54) is 32.1 Å². The molecule has 2 unspecified atom stereocenters. The molecular formula is C14H31N. The lowest BCUT2D eigenvalue weighted by atomic mass is 9.86. The SMILES string of the molecule is CCCC(C)C(CC(CC)CC)NCC. The maximum Gasteiger partial charge on any atom is 0.00952 e. The molecule has 0 aromatic rings. The normalized spacial score (nSPS) is 15.6. The standard InChI is InChI=1S/C14H31N/c1-6-10-12(5)14(15-9-4)11-13(7-2)8-3/h12-15H,6-11H2,1-5H3. The first-order valence-corrected chi connectivity index (χ1v) is 6.92. The van der Waals surface area contributed by atoms with Gasteiger partial charge in [-0.05, 0) is 31.2 Å². The van der Waals surface area contributed by atoms with Crippen molar-refractivity contribution in [2.75, 3.05) is 6.54 Å². The summed E-state index contributed by atoms with van der Waals surface area (Å²) in [6.07, 6.45) is 6.69. The molecule has 15 heavy (non-hydrogen) atoms. The Morgan fingerprint density at radius 3 is 2.00 bits per heavy atom. The third-order valence-electron chi connectivity index (χ3n) is 3.64. The van der Waals surface area contributed by atoms with Crippen LogP contribution in [0.1, 0.15) is 66.7 Å². The number of hydrogen-bond acceptors (Lipinski definition) is 1. The Bertz CT molecular complexity index is 129. The summed E-state index contributed by atoms with van der Waals surface area (Å²) in [5, 5.41) is 3.67. The lowest BCUT2D eigenvalue weighted by Crippen LogP contribution is -2.36. The van der Waals surface area contributed by atoms with Gasteiger partial charge in [-0.3, -0.25) is 0 Å². The van der Waals surface area contributed by atoms with Gasteiger partial charge in [0, 0.05) is 6.04 Å². The van der Waals surface area contributed by atoms with Crippen LogP contribution in [0.5, 0.6) is 0 Å². The molecule has 0 aliphatic heterocycles. The van der Waals surface area contributed by atoms with Gasteiger partial charge in [-0.15, -0.1) is 0 Å². The van der Waals surface area contributed by atoms with E-state index in [4.69, 9.17) is 0 Å². The van der Waals surface area contributed by atoms with Crippen LogP contribution in [0.25, 0.3) is 0 Å². The molecule has 0 aliphatic rings. The highest BCUT2D eigenvalue weighted by Gasteiger charge is 2.18. The van der Waals surface area contributed by atoms with Gasteiger partial charge < -0.3 is 5.32 Å². The summed E-state index contributed by atoms with van der Waals surface area (Å²) < 4.78 is 0. The number of rotatable bonds is 9. The van der Waals surface area contributed by atoms with Crippen LogP contribution in [0.15, 0.2) is 0 Å². The third kappa shape index (κ3) is 6.19. The third-order valence-corrected chi connectivity index (χ3v) is 3.64. The second kappa shape index (κ2) is 9.21. The van der Waals surface area contributed by atoms with Crippen molar-refractivity contribution in [2.24, 2.45) is 11.8 Å². The van der Waals surface area contributed by atoms with Gasteiger partial charge in [0.25, 0.3) is 0 Å². The van der Waals surface area contributed by atoms with E-state index < -0.39 is 0 Å². The van der Waals surface area contributed by atoms with Gasteiger partial charge in [-0.1, -0.05) is 53.9 Å². The zero-order valence-corrected chi connectivity index (χ0v) is 11.5. The fourth-order valence-electron chi connectivity index (χ4n) is 2.42. The Balaban J connectivity index is 4.11. The molecule has 0 heterocycles. The second-order valence-corrected chi connectivity index (χ2v) is 4.85. The average Bonchev–Trinajstić information content (AvgIpc) is 2.24. The van der Waals surface area contributed by atoms with Crippen LogP contribution in [0.3, 0.4) is 0 Å². The highest BCUT2D eigenvalue weighted by atomic mass is 14.9. The van der Waals surface area contributed by atoms with E-state index in [0.29, 0.717) is 0 Å². The maximum atomic E-state index is 3.67. The minimum Gasteiger partial charge on any atom is -0.314 e. The molecule has 1 nitrogen and oxygen atoms in total. The molecule has 0 spiro atoms. The highest BCUT2D eigenvalue weighted by molar-refractivity contribution is 4.75. The predicted molar refractivity (Wildman–Crippen MR) is 70.2 cm³/mol. The lowest BCUT2D eigenvalue weighted by molar-refractivity contribution is 0.287. The molecule has 0 aromatic heterocycles. The van der Waals surface area contributed by atoms with Crippen molar-refractivity contribution in [3.63, 3.8) is 0 Å². The molecule has 1 N–H and O–H groups in total. The van der Waals surface area contributed by atoms with E-state index in [-0.39, 0.29) is 0 Å². The molecule has 0 fully saturated rings. The first-order valence-electron chi connectivity index (χ1n) is 6.92. The largest absolute Gasteiger partial charge is 0.314 e. The van der Waals surface area contributed by atoms with Gasteiger partial charge in [0.1, 0.15) is 0 Å². The summed E-state index contributed by atoms with van der Waals surface area (Å²) in [6, 6.07) is 0.736. The molecule has 0 saturated carbocycles. The Hall–Kier alpha value is -0.0400. The molecule has 1 heteroatoms. The lowest BCUT2D eigenvalue weighted by Gasteiger charge is -2.28. The van der Waals surface area contributed by atoms with Crippen LogP contribution >= 0.6 is 0 Å². The monoisotopic (exact) mass is 213 g/mol. The van der Waals surface area contributed by atoms with E-state index in [1.54, 1.807) is 0 Å². The molecule has 92 valence electrons. The van der Waals surface area contributed by atoms with Gasteiger partial charge in [-0.25, -0.2) is 0 Å². The van der Waals surface area contributed by atoms with Crippen LogP contribution in [0, 0.1) is 11.8 Å². The number of hydrogen-bond donors (Lipinski definition) is 1. The van der Waals surface area contributed by atoms with Gasteiger partial charge in [0.15, 0.2) is 0 Å². The quantitative estimate of drug-likeness (QED) is 0.604. The highest BCUT2D eigenvalue weighted by Crippen LogP contribution is 2.21. The van der Waals surface area contributed by atoms with Gasteiger partial charge >= 0.3 is 0 Å². The van der Waals surface area contributed by atoms with Gasteiger partial charge in [0.05, 0.1) is 0 Å². The van der Waals surface area contributed by atoms with Crippen molar-refractivity contribution in [1.29, 1.82) is 0 Å². The molecule has 0 aromatic carbocycles. The molecule has 0 bridgehead atoms. The van der Waals surface area contributed by atoms with E-state index in [9.17, 15) is 0 Å². The van der Waals surface area contributed by atoms with Crippen molar-refractivity contribution in [2.45, 2.75) is 72.8 Å². The summed E-state index contributed by atoms with van der Waals surface area (Å²) in [5.74, 6) is 1.74. The molecule has 0 saturated heterocycles. The summed E-state index contributed by atoms with van der Waals surface area (Å²) in [7, 11) is 0. The minimum atomic E-state index is 0.736. The van der Waals surface area contributed by atoms with Crippen LogP contribution in [0.4, 0.5) is 0 Å². The van der Waals surface area contributed by atoms with E-state index >= 15 is 0 Å². The van der Waals surface area contributed by atoms with Gasteiger partial charge in [-0.2, -0.15) is 0 Å². The first-order chi connectivity index (χ1) is 7.19. The Morgan fingerprint density at radius 2 is 1.60 bits per heavy atom. The molecule has 0 rings (SSSR count). The van der Waals surface area contributed by atoms with Crippen molar-refractivity contribution in [3.05, 3.63) is 0 Å². The first kappa shape index (κ1) is 15.0. The average molecular weight is 213 g/mol. The number of nitrogens with one attached hydrogen (secondary N) is 1. The summed E-state index contributed by atoms with van der Waals surface area (Å²) in [4.78, 5) is 0. The van der Waals surface area contributed by atoms with E-state index in [0.717, 1.165) is 24.4 Å². The van der Waals surface area contributed by atoms with Crippen LogP contribution < -0.4 is 5.32 Å². The summed E-state index contributed by atoms with van der Waals surface area (Å²) in [5.41, 5.74) is 0. The predicted octanol–water partition coefficient (Wildman–Crippen LogP) is 4.23. The van der Waals surface area contributed by atoms with Crippen molar-refractivity contribution in [1.82, 2.24) is 5.32 Å². The van der Waals surface area contributed by atoms with Crippen LogP contribution in [0.2, 0.25) is 0 Å². The van der Waals surface area contributed by atoms with Crippen molar-refractivity contribution < 1.29 is 0 Å². The van der Waals surface area contributed by atoms with E-state index in [1.807, 2.05) is 0 Å². The summed E-state index contributed by atoms with van der Waals surface area (Å²) in [6.45, 7) is 12.7. The smallest absolute Gasteiger partial charge is 0.00952 e. The maximum absolute atomic E-state index is 3.67. The molecule has 0 aliphatic carbocycles. The van der Waals surface area contributed by atoms with Crippen molar-refractivity contribution >= 4 is 0 Å². The zero-order valence-electron chi connectivity index (χ0n) is 11.5. The van der Waals surface area contributed by atoms with Crippen LogP contribution in [-0.4, -0.2) is 12.6 Å². The molecular weight excluding hydrogens is 182 g/mol. The van der Waals surface area contributed by atoms with Gasteiger partial charge in [0.2, 0.25) is 0 Å². The van der Waals surface area contributed by atoms with E-state index in [2.05, 4.69) is 39.9 Å². The molecule has 0 amide bonds. The Morgan fingerprint density at radius 1 is 1.00 bits per heavy atom. The zero-order chi connectivity index (χ0) is 11.7. The molecule has 2 atom stereocenters. The van der Waals surface area contributed by atoms with Crippen molar-refractivity contribution in [3.8, 4) is 0 Å². The Kier molecular flexibility index (Phi) is 9.18. The molecule has 0 radical (unpaired) electrons. The van der Waals surface area contributed by atoms with Crippen LogP contribution in [-0.2, 0) is 0 Å².